The number of carbonyl (C=O) groups is 1. The van der Waals surface area contributed by atoms with Gasteiger partial charge in [0, 0.05) is 52.1 Å². The summed E-state index contributed by atoms with van der Waals surface area (Å²) in [5.74, 6) is 0.660. The first-order chi connectivity index (χ1) is 10.5. The van der Waals surface area contributed by atoms with Gasteiger partial charge >= 0.3 is 0 Å². The SMILES string of the molecule is CC(=O)NCc1cc2cc(Cl)c(-c3cnc(C)nc3)cc2[nH]1. The number of aromatic amines is 1. The third-order valence-corrected chi connectivity index (χ3v) is 3.70. The molecule has 0 radical (unpaired) electrons. The predicted molar refractivity (Wildman–Crippen MR) is 86.6 cm³/mol. The van der Waals surface area contributed by atoms with Crippen LogP contribution in [0.2, 0.25) is 5.02 Å². The summed E-state index contributed by atoms with van der Waals surface area (Å²) >= 11 is 6.38. The average Bonchev–Trinajstić information content (AvgIpc) is 2.87. The molecule has 0 atom stereocenters. The number of nitrogens with zero attached hydrogens (tertiary/aromatic N) is 2. The van der Waals surface area contributed by atoms with Gasteiger partial charge in [-0.1, -0.05) is 11.6 Å². The first-order valence-electron chi connectivity index (χ1n) is 6.87. The van der Waals surface area contributed by atoms with E-state index in [1.807, 2.05) is 25.1 Å². The molecule has 0 aliphatic heterocycles. The Bertz CT molecular complexity index is 839. The van der Waals surface area contributed by atoms with E-state index in [2.05, 4.69) is 20.3 Å². The molecule has 0 aliphatic rings. The molecule has 0 saturated heterocycles. The standard InChI is InChI=1S/C16H15ClN4O/c1-9-18-6-12(7-19-9)14-5-16-11(4-15(14)17)3-13(21-16)8-20-10(2)22/h3-7,21H,8H2,1-2H3,(H,20,22). The number of rotatable bonds is 3. The van der Waals surface area contributed by atoms with Crippen molar-refractivity contribution in [3.8, 4) is 11.1 Å². The van der Waals surface area contributed by atoms with Crippen molar-refractivity contribution in [2.75, 3.05) is 0 Å². The zero-order valence-electron chi connectivity index (χ0n) is 12.3. The maximum atomic E-state index is 11.0. The lowest BCUT2D eigenvalue weighted by Crippen LogP contribution is -2.18. The molecule has 3 rings (SSSR count). The van der Waals surface area contributed by atoms with Gasteiger partial charge in [0.2, 0.25) is 5.91 Å². The highest BCUT2D eigenvalue weighted by atomic mass is 35.5. The number of aryl methyl sites for hydroxylation is 1. The summed E-state index contributed by atoms with van der Waals surface area (Å²) in [6, 6.07) is 5.86. The number of hydrogen-bond acceptors (Lipinski definition) is 3. The fourth-order valence-electron chi connectivity index (χ4n) is 2.28. The van der Waals surface area contributed by atoms with Gasteiger partial charge in [-0.05, 0) is 25.1 Å². The minimum Gasteiger partial charge on any atom is -0.357 e. The van der Waals surface area contributed by atoms with Gasteiger partial charge in [0.15, 0.2) is 0 Å². The molecule has 5 nitrogen and oxygen atoms in total. The van der Waals surface area contributed by atoms with Crippen LogP contribution in [0.3, 0.4) is 0 Å². The zero-order valence-corrected chi connectivity index (χ0v) is 13.0. The minimum absolute atomic E-state index is 0.0609. The Morgan fingerprint density at radius 3 is 2.68 bits per heavy atom. The summed E-state index contributed by atoms with van der Waals surface area (Å²) in [5, 5.41) is 4.41. The van der Waals surface area contributed by atoms with Gasteiger partial charge in [0.25, 0.3) is 0 Å². The number of benzene rings is 1. The molecule has 0 unspecified atom stereocenters. The van der Waals surface area contributed by atoms with Crippen LogP contribution in [0.1, 0.15) is 18.4 Å². The highest BCUT2D eigenvalue weighted by molar-refractivity contribution is 6.34. The van der Waals surface area contributed by atoms with E-state index in [4.69, 9.17) is 11.6 Å². The fraction of sp³-hybridized carbons (Fsp3) is 0.188. The summed E-state index contributed by atoms with van der Waals surface area (Å²) in [4.78, 5) is 22.7. The van der Waals surface area contributed by atoms with Crippen molar-refractivity contribution < 1.29 is 4.79 Å². The molecule has 3 aromatic rings. The molecular weight excluding hydrogens is 300 g/mol. The van der Waals surface area contributed by atoms with Crippen molar-refractivity contribution in [2.45, 2.75) is 20.4 Å². The van der Waals surface area contributed by atoms with Crippen molar-refractivity contribution in [1.29, 1.82) is 0 Å². The summed E-state index contributed by atoms with van der Waals surface area (Å²) in [6.07, 6.45) is 3.52. The van der Waals surface area contributed by atoms with Crippen molar-refractivity contribution in [3.05, 3.63) is 47.1 Å². The molecule has 112 valence electrons. The Balaban J connectivity index is 2.00. The monoisotopic (exact) mass is 314 g/mol. The van der Waals surface area contributed by atoms with E-state index in [0.717, 1.165) is 33.5 Å². The van der Waals surface area contributed by atoms with Gasteiger partial charge in [-0.2, -0.15) is 0 Å². The third-order valence-electron chi connectivity index (χ3n) is 3.38. The van der Waals surface area contributed by atoms with Crippen LogP contribution >= 0.6 is 11.6 Å². The molecule has 0 aliphatic carbocycles. The summed E-state index contributed by atoms with van der Waals surface area (Å²) in [6.45, 7) is 3.80. The quantitative estimate of drug-likeness (QED) is 0.779. The minimum atomic E-state index is -0.0609. The van der Waals surface area contributed by atoms with Crippen LogP contribution in [0.25, 0.3) is 22.0 Å². The van der Waals surface area contributed by atoms with Crippen LogP contribution in [0, 0.1) is 6.92 Å². The molecule has 1 aromatic carbocycles. The van der Waals surface area contributed by atoms with Gasteiger partial charge in [-0.25, -0.2) is 9.97 Å². The molecule has 0 fully saturated rings. The van der Waals surface area contributed by atoms with E-state index in [0.29, 0.717) is 11.6 Å². The number of H-pyrrole nitrogens is 1. The molecular formula is C16H15ClN4O. The Labute approximate surface area is 132 Å². The molecule has 1 amide bonds. The zero-order chi connectivity index (χ0) is 15.7. The summed E-state index contributed by atoms with van der Waals surface area (Å²) in [7, 11) is 0. The summed E-state index contributed by atoms with van der Waals surface area (Å²) < 4.78 is 0. The van der Waals surface area contributed by atoms with Crippen LogP contribution in [0.4, 0.5) is 0 Å². The second-order valence-electron chi connectivity index (χ2n) is 5.14. The normalized spacial score (nSPS) is 10.9. The van der Waals surface area contributed by atoms with Gasteiger partial charge in [-0.15, -0.1) is 0 Å². The first-order valence-corrected chi connectivity index (χ1v) is 7.25. The molecule has 2 aromatic heterocycles. The Morgan fingerprint density at radius 1 is 1.27 bits per heavy atom. The van der Waals surface area contributed by atoms with Gasteiger partial charge in [0.1, 0.15) is 5.82 Å². The topological polar surface area (TPSA) is 70.7 Å². The first kappa shape index (κ1) is 14.5. The molecule has 2 heterocycles. The number of aromatic nitrogens is 3. The Kier molecular flexibility index (Phi) is 3.81. The van der Waals surface area contributed by atoms with Crippen LogP contribution in [0.15, 0.2) is 30.6 Å². The number of fused-ring (bicyclic) bond motifs is 1. The van der Waals surface area contributed by atoms with Crippen molar-refractivity contribution in [1.82, 2.24) is 20.3 Å². The van der Waals surface area contributed by atoms with Crippen molar-refractivity contribution in [3.63, 3.8) is 0 Å². The highest BCUT2D eigenvalue weighted by Gasteiger charge is 2.09. The molecule has 0 spiro atoms. The number of halogens is 1. The van der Waals surface area contributed by atoms with E-state index in [9.17, 15) is 4.79 Å². The summed E-state index contributed by atoms with van der Waals surface area (Å²) in [5.41, 5.74) is 3.64. The Morgan fingerprint density at radius 2 is 2.00 bits per heavy atom. The van der Waals surface area contributed by atoms with E-state index in [1.54, 1.807) is 12.4 Å². The lowest BCUT2D eigenvalue weighted by Gasteiger charge is -2.04. The van der Waals surface area contributed by atoms with Crippen molar-refractivity contribution in [2.24, 2.45) is 0 Å². The molecule has 0 saturated carbocycles. The molecule has 22 heavy (non-hydrogen) atoms. The largest absolute Gasteiger partial charge is 0.357 e. The van der Waals surface area contributed by atoms with E-state index >= 15 is 0 Å². The smallest absolute Gasteiger partial charge is 0.217 e. The van der Waals surface area contributed by atoms with E-state index in [1.165, 1.54) is 6.92 Å². The average molecular weight is 315 g/mol. The van der Waals surface area contributed by atoms with Crippen molar-refractivity contribution >= 4 is 28.4 Å². The van der Waals surface area contributed by atoms with E-state index < -0.39 is 0 Å². The molecule has 0 bridgehead atoms. The maximum Gasteiger partial charge on any atom is 0.217 e. The fourth-order valence-corrected chi connectivity index (χ4v) is 2.56. The van der Waals surface area contributed by atoms with Crippen LogP contribution in [-0.4, -0.2) is 20.9 Å². The molecule has 6 heteroatoms. The van der Waals surface area contributed by atoms with Crippen LogP contribution < -0.4 is 5.32 Å². The Hall–Kier alpha value is -2.40. The number of amides is 1. The van der Waals surface area contributed by atoms with Gasteiger partial charge in [0.05, 0.1) is 6.54 Å². The van der Waals surface area contributed by atoms with Gasteiger partial charge in [-0.3, -0.25) is 4.79 Å². The lowest BCUT2D eigenvalue weighted by molar-refractivity contribution is -0.119. The highest BCUT2D eigenvalue weighted by Crippen LogP contribution is 2.31. The predicted octanol–water partition coefficient (Wildman–Crippen LogP) is 3.22. The van der Waals surface area contributed by atoms with E-state index in [-0.39, 0.29) is 5.91 Å². The van der Waals surface area contributed by atoms with Crippen LogP contribution in [-0.2, 0) is 11.3 Å². The second kappa shape index (κ2) is 5.77. The number of carbonyl (C=O) groups excluding carboxylic acids is 1. The van der Waals surface area contributed by atoms with Crippen LogP contribution in [0.5, 0.6) is 0 Å². The molecule has 2 N–H and O–H groups in total. The van der Waals surface area contributed by atoms with Gasteiger partial charge < -0.3 is 10.3 Å². The number of nitrogens with one attached hydrogen (secondary N) is 2. The maximum absolute atomic E-state index is 11.0. The second-order valence-corrected chi connectivity index (χ2v) is 5.55. The lowest BCUT2D eigenvalue weighted by atomic mass is 10.1. The number of hydrogen-bond donors (Lipinski definition) is 2. The third kappa shape index (κ3) is 2.94.